The third-order valence-electron chi connectivity index (χ3n) is 9.34. The Bertz CT molecular complexity index is 1260. The quantitative estimate of drug-likeness (QED) is 0.208. The predicted octanol–water partition coefficient (Wildman–Crippen LogP) is 7.41. The topological polar surface area (TPSA) is 99.0 Å². The monoisotopic (exact) mass is 518 g/mol. The molecule has 2 aliphatic heterocycles. The molecule has 38 heavy (non-hydrogen) atoms. The summed E-state index contributed by atoms with van der Waals surface area (Å²) >= 11 is 0. The fraction of sp³-hybridized carbons (Fsp3) is 0.562. The number of nitrogen functional groups attached to an aromatic ring is 2. The predicted molar refractivity (Wildman–Crippen MR) is 158 cm³/mol. The first kappa shape index (κ1) is 27.2. The smallest absolute Gasteiger partial charge is 0.0416 e. The van der Waals surface area contributed by atoms with Crippen molar-refractivity contribution in [1.82, 2.24) is 10.1 Å². The van der Waals surface area contributed by atoms with Crippen LogP contribution in [0.5, 0.6) is 0 Å². The lowest BCUT2D eigenvalue weighted by Gasteiger charge is -2.52. The minimum atomic E-state index is -0.375. The molecule has 2 aliphatic rings. The van der Waals surface area contributed by atoms with Crippen molar-refractivity contribution in [3.05, 3.63) is 47.5 Å². The first-order valence-electron chi connectivity index (χ1n) is 14.0. The van der Waals surface area contributed by atoms with Gasteiger partial charge in [-0.2, -0.15) is 10.1 Å². The fourth-order valence-electron chi connectivity index (χ4n) is 8.16. The van der Waals surface area contributed by atoms with Gasteiger partial charge in [0.2, 0.25) is 0 Å². The van der Waals surface area contributed by atoms with Gasteiger partial charge in [0.05, 0.1) is 0 Å². The Hall–Kier alpha value is -2.38. The van der Waals surface area contributed by atoms with Crippen LogP contribution in [0.2, 0.25) is 0 Å². The first-order chi connectivity index (χ1) is 17.4. The maximum absolute atomic E-state index is 11.0. The SMILES string of the molecule is CC1(C)CC(c2c3ccc(N)cc3c(C3CC(C)(C)N(O)C(C)(C)C3)c3ccc(N)cc23)CC(C)(C)N1O. The fourth-order valence-corrected chi connectivity index (χ4v) is 8.16. The average molecular weight is 519 g/mol. The van der Waals surface area contributed by atoms with E-state index in [0.29, 0.717) is 0 Å². The number of piperidine rings is 2. The van der Waals surface area contributed by atoms with E-state index < -0.39 is 0 Å². The lowest BCUT2D eigenvalue weighted by Crippen LogP contribution is -2.58. The zero-order chi connectivity index (χ0) is 28.0. The molecule has 0 aromatic heterocycles. The lowest BCUT2D eigenvalue weighted by atomic mass is 9.68. The number of hydroxylamine groups is 4. The largest absolute Gasteiger partial charge is 0.399 e. The summed E-state index contributed by atoms with van der Waals surface area (Å²) in [5.41, 5.74) is 15.5. The number of rotatable bonds is 2. The Kier molecular flexibility index (Phi) is 6.13. The van der Waals surface area contributed by atoms with Crippen molar-refractivity contribution in [2.24, 2.45) is 0 Å². The van der Waals surface area contributed by atoms with Crippen LogP contribution in [-0.4, -0.2) is 42.7 Å². The van der Waals surface area contributed by atoms with Crippen LogP contribution in [0.25, 0.3) is 21.5 Å². The van der Waals surface area contributed by atoms with E-state index in [1.54, 1.807) is 10.1 Å². The van der Waals surface area contributed by atoms with E-state index in [1.807, 2.05) is 12.1 Å². The molecular weight excluding hydrogens is 472 g/mol. The van der Waals surface area contributed by atoms with Crippen LogP contribution in [0.4, 0.5) is 11.4 Å². The van der Waals surface area contributed by atoms with Gasteiger partial charge in [0.25, 0.3) is 0 Å². The van der Waals surface area contributed by atoms with E-state index in [9.17, 15) is 10.4 Å². The Morgan fingerprint density at radius 2 is 0.842 bits per heavy atom. The highest BCUT2D eigenvalue weighted by Crippen LogP contribution is 2.53. The summed E-state index contributed by atoms with van der Waals surface area (Å²) in [7, 11) is 0. The zero-order valence-corrected chi connectivity index (χ0v) is 24.4. The van der Waals surface area contributed by atoms with Crippen LogP contribution < -0.4 is 11.5 Å². The number of nitrogens with two attached hydrogens (primary N) is 2. The molecule has 3 aromatic carbocycles. The van der Waals surface area contributed by atoms with Gasteiger partial charge in [-0.3, -0.25) is 0 Å². The van der Waals surface area contributed by atoms with Crippen molar-refractivity contribution in [2.75, 3.05) is 11.5 Å². The molecule has 206 valence electrons. The maximum atomic E-state index is 11.0. The minimum Gasteiger partial charge on any atom is -0.399 e. The van der Waals surface area contributed by atoms with Crippen molar-refractivity contribution < 1.29 is 10.4 Å². The van der Waals surface area contributed by atoms with E-state index in [1.165, 1.54) is 32.7 Å². The molecular formula is C32H46N4O2. The standard InChI is InChI=1S/C32H46N4O2/c1-29(2)15-19(16-30(3,4)35(29)37)27-23-11-9-22(34)14-26(23)28(24-12-10-21(33)13-25(24)27)20-17-31(5,6)36(38)32(7,8)18-20/h9-14,19-20,37-38H,15-18,33-34H2,1-8H3. The van der Waals surface area contributed by atoms with Gasteiger partial charge in [-0.05, 0) is 150 Å². The van der Waals surface area contributed by atoms with Crippen LogP contribution in [0.1, 0.15) is 104 Å². The maximum Gasteiger partial charge on any atom is 0.0416 e. The number of hydrogen-bond donors (Lipinski definition) is 4. The summed E-state index contributed by atoms with van der Waals surface area (Å²) in [6.07, 6.45) is 3.33. The molecule has 0 amide bonds. The highest BCUT2D eigenvalue weighted by Gasteiger charge is 2.48. The summed E-state index contributed by atoms with van der Waals surface area (Å²) in [6.45, 7) is 17.0. The molecule has 0 unspecified atom stereocenters. The van der Waals surface area contributed by atoms with Crippen LogP contribution in [-0.2, 0) is 0 Å². The molecule has 6 N–H and O–H groups in total. The number of fused-ring (bicyclic) bond motifs is 2. The zero-order valence-electron chi connectivity index (χ0n) is 24.4. The van der Waals surface area contributed by atoms with Gasteiger partial charge in [0, 0.05) is 33.5 Å². The van der Waals surface area contributed by atoms with E-state index in [0.717, 1.165) is 37.1 Å². The molecule has 0 atom stereocenters. The highest BCUT2D eigenvalue weighted by atomic mass is 16.5. The number of anilines is 2. The van der Waals surface area contributed by atoms with Gasteiger partial charge in [0.1, 0.15) is 0 Å². The lowest BCUT2D eigenvalue weighted by molar-refractivity contribution is -0.245. The van der Waals surface area contributed by atoms with Crippen molar-refractivity contribution in [3.8, 4) is 0 Å². The molecule has 0 bridgehead atoms. The molecule has 2 saturated heterocycles. The molecule has 0 radical (unpaired) electrons. The Morgan fingerprint density at radius 3 is 1.13 bits per heavy atom. The molecule has 0 saturated carbocycles. The first-order valence-corrected chi connectivity index (χ1v) is 14.0. The molecule has 0 spiro atoms. The van der Waals surface area contributed by atoms with E-state index in [2.05, 4.69) is 79.7 Å². The summed E-state index contributed by atoms with van der Waals surface area (Å²) in [4.78, 5) is 0. The van der Waals surface area contributed by atoms with Crippen LogP contribution in [0.15, 0.2) is 36.4 Å². The summed E-state index contributed by atoms with van der Waals surface area (Å²) < 4.78 is 0. The molecule has 2 heterocycles. The Morgan fingerprint density at radius 1 is 0.553 bits per heavy atom. The van der Waals surface area contributed by atoms with E-state index >= 15 is 0 Å². The van der Waals surface area contributed by atoms with Gasteiger partial charge in [-0.25, -0.2) is 0 Å². The third kappa shape index (κ3) is 4.26. The van der Waals surface area contributed by atoms with Crippen molar-refractivity contribution in [1.29, 1.82) is 0 Å². The second-order valence-electron chi connectivity index (χ2n) is 14.5. The van der Waals surface area contributed by atoms with Gasteiger partial charge in [-0.15, -0.1) is 0 Å². The molecule has 5 rings (SSSR count). The molecule has 6 heteroatoms. The second-order valence-corrected chi connectivity index (χ2v) is 14.5. The number of nitrogens with zero attached hydrogens (tertiary/aromatic N) is 2. The highest BCUT2D eigenvalue weighted by molar-refractivity contribution is 6.08. The van der Waals surface area contributed by atoms with Gasteiger partial charge < -0.3 is 21.9 Å². The third-order valence-corrected chi connectivity index (χ3v) is 9.34. The average Bonchev–Trinajstić information content (AvgIpc) is 2.78. The molecule has 3 aromatic rings. The summed E-state index contributed by atoms with van der Waals surface area (Å²) in [5, 5.41) is 30.0. The van der Waals surface area contributed by atoms with Gasteiger partial charge in [0.15, 0.2) is 0 Å². The Balaban J connectivity index is 1.83. The van der Waals surface area contributed by atoms with Crippen LogP contribution in [0, 0.1) is 0 Å². The molecule has 2 fully saturated rings. The van der Waals surface area contributed by atoms with E-state index in [-0.39, 0.29) is 34.0 Å². The van der Waals surface area contributed by atoms with Gasteiger partial charge >= 0.3 is 0 Å². The number of benzene rings is 3. The second kappa shape index (κ2) is 8.56. The molecule has 6 nitrogen and oxygen atoms in total. The van der Waals surface area contributed by atoms with E-state index in [4.69, 9.17) is 11.5 Å². The Labute approximate surface area is 227 Å². The normalized spacial score (nSPS) is 24.3. The van der Waals surface area contributed by atoms with Crippen LogP contribution in [0.3, 0.4) is 0 Å². The van der Waals surface area contributed by atoms with Crippen molar-refractivity contribution >= 4 is 32.9 Å². The van der Waals surface area contributed by atoms with Crippen molar-refractivity contribution in [3.63, 3.8) is 0 Å². The minimum absolute atomic E-state index is 0.236. The van der Waals surface area contributed by atoms with Crippen molar-refractivity contribution in [2.45, 2.75) is 115 Å². The van der Waals surface area contributed by atoms with Gasteiger partial charge in [-0.1, -0.05) is 12.1 Å². The van der Waals surface area contributed by atoms with Crippen LogP contribution >= 0.6 is 0 Å². The molecule has 0 aliphatic carbocycles. The number of hydrogen-bond acceptors (Lipinski definition) is 6. The summed E-state index contributed by atoms with van der Waals surface area (Å²) in [6, 6.07) is 12.7. The summed E-state index contributed by atoms with van der Waals surface area (Å²) in [5.74, 6) is 0.472.